The molecule has 28 heavy (non-hydrogen) atoms. The summed E-state index contributed by atoms with van der Waals surface area (Å²) < 4.78 is 22.2. The third-order valence-electron chi connectivity index (χ3n) is 3.66. The first kappa shape index (κ1) is 21.3. The number of esters is 1. The number of hydrogen-bond donors (Lipinski definition) is 0. The number of carbonyl (C=O) groups is 1. The highest BCUT2D eigenvalue weighted by molar-refractivity contribution is 9.10. The van der Waals surface area contributed by atoms with E-state index in [9.17, 15) is 9.18 Å². The van der Waals surface area contributed by atoms with Crippen LogP contribution >= 0.6 is 50.6 Å². The van der Waals surface area contributed by atoms with Crippen LogP contribution in [0.1, 0.15) is 30.0 Å². The van der Waals surface area contributed by atoms with Crippen molar-refractivity contribution < 1.29 is 13.9 Å². The van der Waals surface area contributed by atoms with E-state index in [2.05, 4.69) is 26.0 Å². The van der Waals surface area contributed by atoms with Crippen molar-refractivity contribution in [3.05, 3.63) is 44.9 Å². The number of benzene rings is 1. The molecule has 3 aromatic rings. The predicted octanol–water partition coefficient (Wildman–Crippen LogP) is 6.15. The van der Waals surface area contributed by atoms with Gasteiger partial charge in [-0.25, -0.2) is 14.2 Å². The molecule has 2 heterocycles. The van der Waals surface area contributed by atoms with E-state index in [1.165, 1.54) is 35.3 Å². The average Bonchev–Trinajstić information content (AvgIpc) is 3.17. The van der Waals surface area contributed by atoms with Gasteiger partial charge in [-0.1, -0.05) is 36.8 Å². The van der Waals surface area contributed by atoms with Crippen LogP contribution in [0.2, 0.25) is 5.02 Å². The minimum atomic E-state index is -0.545. The molecular weight excluding hydrogens is 489 g/mol. The Bertz CT molecular complexity index is 1050. The summed E-state index contributed by atoms with van der Waals surface area (Å²) in [6, 6.07) is 4.35. The van der Waals surface area contributed by atoms with Crippen molar-refractivity contribution in [1.82, 2.24) is 14.8 Å². The van der Waals surface area contributed by atoms with Crippen LogP contribution in [0, 0.1) is 12.7 Å². The van der Waals surface area contributed by atoms with Gasteiger partial charge in [0.2, 0.25) is 5.13 Å². The molecule has 0 fully saturated rings. The van der Waals surface area contributed by atoms with Crippen LogP contribution in [-0.2, 0) is 4.74 Å². The molecule has 3 rings (SSSR count). The molecule has 148 valence electrons. The smallest absolute Gasteiger partial charge is 0.358 e. The van der Waals surface area contributed by atoms with E-state index in [1.807, 2.05) is 13.8 Å². The van der Waals surface area contributed by atoms with Crippen LogP contribution in [0.15, 0.2) is 26.9 Å². The van der Waals surface area contributed by atoms with E-state index >= 15 is 0 Å². The number of nitrogens with zero attached hydrogens (tertiary/aromatic N) is 3. The Balaban J connectivity index is 2.23. The first-order chi connectivity index (χ1) is 13.2. The molecule has 0 saturated heterocycles. The monoisotopic (exact) mass is 503 g/mol. The molecule has 0 N–H and O–H groups in total. The molecule has 0 aliphatic carbocycles. The fourth-order valence-corrected chi connectivity index (χ4v) is 5.49. The number of aryl methyl sites for hydroxylation is 1. The van der Waals surface area contributed by atoms with E-state index in [0.717, 1.165) is 4.21 Å². The van der Waals surface area contributed by atoms with Gasteiger partial charge in [-0.3, -0.25) is 0 Å². The zero-order valence-corrected chi connectivity index (χ0v) is 19.4. The number of thiazole rings is 1. The van der Waals surface area contributed by atoms with E-state index in [0.29, 0.717) is 31.6 Å². The van der Waals surface area contributed by atoms with Gasteiger partial charge in [-0.2, -0.15) is 9.78 Å². The third kappa shape index (κ3) is 4.12. The number of thioether (sulfide) groups is 1. The Labute approximate surface area is 183 Å². The minimum Gasteiger partial charge on any atom is -0.464 e. The van der Waals surface area contributed by atoms with Crippen molar-refractivity contribution in [2.75, 3.05) is 7.11 Å². The van der Waals surface area contributed by atoms with E-state index in [-0.39, 0.29) is 10.9 Å². The molecule has 5 nitrogen and oxygen atoms in total. The largest absolute Gasteiger partial charge is 0.464 e. The summed E-state index contributed by atoms with van der Waals surface area (Å²) >= 11 is 12.3. The number of carbonyl (C=O) groups excluding carboxylic acids is 1. The topological polar surface area (TPSA) is 57.0 Å². The van der Waals surface area contributed by atoms with Crippen LogP contribution in [0.4, 0.5) is 4.39 Å². The molecule has 0 atom stereocenters. The summed E-state index contributed by atoms with van der Waals surface area (Å²) in [5.41, 5.74) is 1.62. The summed E-state index contributed by atoms with van der Waals surface area (Å²) in [5, 5.41) is 5.51. The van der Waals surface area contributed by atoms with Crippen molar-refractivity contribution in [3.63, 3.8) is 0 Å². The molecule has 0 unspecified atom stereocenters. The highest BCUT2D eigenvalue weighted by atomic mass is 79.9. The third-order valence-corrected chi connectivity index (χ3v) is 7.09. The van der Waals surface area contributed by atoms with Gasteiger partial charge in [0.05, 0.1) is 21.5 Å². The predicted molar refractivity (Wildman–Crippen MR) is 114 cm³/mol. The van der Waals surface area contributed by atoms with Crippen LogP contribution in [0.5, 0.6) is 0 Å². The second kappa shape index (κ2) is 8.52. The van der Waals surface area contributed by atoms with Crippen molar-refractivity contribution in [2.24, 2.45) is 0 Å². The first-order valence-corrected chi connectivity index (χ1v) is 11.1. The van der Waals surface area contributed by atoms with Gasteiger partial charge in [0.15, 0.2) is 5.69 Å². The molecular formula is C18H16BrClFN3O2S2. The lowest BCUT2D eigenvalue weighted by atomic mass is 10.1. The maximum atomic E-state index is 14.5. The minimum absolute atomic E-state index is 0.230. The van der Waals surface area contributed by atoms with Gasteiger partial charge in [-0.15, -0.1) is 11.8 Å². The normalized spacial score (nSPS) is 11.3. The first-order valence-electron chi connectivity index (χ1n) is 8.19. The number of rotatable bonds is 5. The zero-order chi connectivity index (χ0) is 20.6. The Morgan fingerprint density at radius 2 is 2.14 bits per heavy atom. The maximum Gasteiger partial charge on any atom is 0.358 e. The van der Waals surface area contributed by atoms with E-state index < -0.39 is 11.8 Å². The molecule has 0 radical (unpaired) electrons. The lowest BCUT2D eigenvalue weighted by Gasteiger charge is -2.06. The fraction of sp³-hybridized carbons (Fsp3) is 0.278. The molecule has 1 aromatic carbocycles. The maximum absolute atomic E-state index is 14.5. The number of halogens is 3. The quantitative estimate of drug-likeness (QED) is 0.308. The number of hydrogen-bond acceptors (Lipinski definition) is 6. The number of ether oxygens (including phenoxy) is 1. The molecule has 0 bridgehead atoms. The molecule has 0 aliphatic heterocycles. The summed E-state index contributed by atoms with van der Waals surface area (Å²) in [6.45, 7) is 5.84. The van der Waals surface area contributed by atoms with Crippen molar-refractivity contribution in [3.8, 4) is 16.4 Å². The highest BCUT2D eigenvalue weighted by Gasteiger charge is 2.26. The lowest BCUT2D eigenvalue weighted by Crippen LogP contribution is -2.10. The van der Waals surface area contributed by atoms with Gasteiger partial charge >= 0.3 is 5.97 Å². The van der Waals surface area contributed by atoms with Gasteiger partial charge in [-0.05, 0) is 41.1 Å². The van der Waals surface area contributed by atoms with Crippen LogP contribution in [-0.4, -0.2) is 33.1 Å². The molecule has 0 aliphatic rings. The Morgan fingerprint density at radius 3 is 2.79 bits per heavy atom. The number of aromatic nitrogens is 3. The molecule has 2 aromatic heterocycles. The molecule has 0 spiro atoms. The van der Waals surface area contributed by atoms with Gasteiger partial charge < -0.3 is 4.74 Å². The SMILES string of the molecule is COC(=O)c1c(Br)c(C)nn1-c1nc(-c2cc(Cl)ccc2F)c(SC(C)C)s1. The van der Waals surface area contributed by atoms with E-state index in [4.69, 9.17) is 16.3 Å². The van der Waals surface area contributed by atoms with Crippen LogP contribution in [0.3, 0.4) is 0 Å². The second-order valence-electron chi connectivity index (χ2n) is 6.07. The van der Waals surface area contributed by atoms with E-state index in [1.54, 1.807) is 24.8 Å². The molecule has 0 amide bonds. The number of methoxy groups -OCH3 is 1. The Hall–Kier alpha value is -1.42. The van der Waals surface area contributed by atoms with Crippen molar-refractivity contribution in [1.29, 1.82) is 0 Å². The standard InChI is InChI=1S/C18H16BrClFN3O2S2/c1-8(2)27-17-14(11-7-10(20)5-6-12(11)21)22-18(28-17)24-15(16(25)26-4)13(19)9(3)23-24/h5-8H,1-4H3. The summed E-state index contributed by atoms with van der Waals surface area (Å²) in [5.74, 6) is -0.964. The summed E-state index contributed by atoms with van der Waals surface area (Å²) in [4.78, 5) is 16.9. The van der Waals surface area contributed by atoms with Crippen LogP contribution < -0.4 is 0 Å². The zero-order valence-electron chi connectivity index (χ0n) is 15.4. The van der Waals surface area contributed by atoms with Gasteiger partial charge in [0.1, 0.15) is 11.5 Å². The lowest BCUT2D eigenvalue weighted by molar-refractivity contribution is 0.0589. The molecule has 0 saturated carbocycles. The second-order valence-corrected chi connectivity index (χ2v) is 10.1. The van der Waals surface area contributed by atoms with Gasteiger partial charge in [0, 0.05) is 15.8 Å². The van der Waals surface area contributed by atoms with Crippen molar-refractivity contribution >= 4 is 56.6 Å². The summed E-state index contributed by atoms with van der Waals surface area (Å²) in [7, 11) is 1.30. The van der Waals surface area contributed by atoms with Gasteiger partial charge in [0.25, 0.3) is 0 Å². The summed E-state index contributed by atoms with van der Waals surface area (Å²) in [6.07, 6.45) is 0. The fourth-order valence-electron chi connectivity index (χ4n) is 2.45. The van der Waals surface area contributed by atoms with Crippen molar-refractivity contribution in [2.45, 2.75) is 30.2 Å². The Kier molecular flexibility index (Phi) is 6.48. The van der Waals surface area contributed by atoms with Crippen LogP contribution in [0.25, 0.3) is 16.4 Å². The average molecular weight is 505 g/mol. The highest BCUT2D eigenvalue weighted by Crippen LogP contribution is 2.41. The molecule has 10 heteroatoms. The Morgan fingerprint density at radius 1 is 1.43 bits per heavy atom.